The highest BCUT2D eigenvalue weighted by atomic mass is 32.2. The highest BCUT2D eigenvalue weighted by Gasteiger charge is 2.88. The Kier molecular flexibility index (Phi) is 1.14. The monoisotopic (exact) mass is 250 g/mol. The Labute approximate surface area is 103 Å². The molecule has 6 rings (SSSR count). The Morgan fingerprint density at radius 1 is 1.00 bits per heavy atom. The first-order valence-electron chi connectivity index (χ1n) is 6.66. The first kappa shape index (κ1) is 8.47. The number of Topliss-reactive ketones (excluding diaryl/α,β-unsaturated/α-hetero) is 1. The van der Waals surface area contributed by atoms with Crippen LogP contribution in [-0.2, 0) is 4.79 Å². The van der Waals surface area contributed by atoms with E-state index in [1.54, 1.807) is 0 Å². The summed E-state index contributed by atoms with van der Waals surface area (Å²) in [5.41, 5.74) is 0. The molecule has 1 nitrogen and oxygen atoms in total. The molecule has 0 N–H and O–H groups in total. The number of fused-ring (bicyclic) bond motifs is 4. The van der Waals surface area contributed by atoms with Crippen LogP contribution in [-0.4, -0.2) is 21.4 Å². The number of hydrogen-bond acceptors (Lipinski definition) is 3. The second kappa shape index (κ2) is 2.16. The Balaban J connectivity index is 1.66. The van der Waals surface area contributed by atoms with Gasteiger partial charge in [-0.25, -0.2) is 0 Å². The minimum atomic E-state index is 0.535. The molecule has 1 spiro atoms. The average molecular weight is 250 g/mol. The minimum Gasteiger partial charge on any atom is -0.299 e. The first-order chi connectivity index (χ1) is 7.84. The highest BCUT2D eigenvalue weighted by Crippen LogP contribution is 2.88. The summed E-state index contributed by atoms with van der Waals surface area (Å²) >= 11 is 4.50. The number of thioether (sulfide) groups is 2. The van der Waals surface area contributed by atoms with Crippen LogP contribution < -0.4 is 0 Å². The van der Waals surface area contributed by atoms with E-state index in [0.29, 0.717) is 15.9 Å². The summed E-state index contributed by atoms with van der Waals surface area (Å²) in [6.45, 7) is 0. The standard InChI is InChI=1S/C13H14OS2/c14-12-8-4-3-5-7-6(4)9(12)11(7)13(10(5)8)15-1-2-16-13/h4-11H,1-3H2/t4-,5+,6-,7+,8-,9+,10+,11+/m0/s1. The summed E-state index contributed by atoms with van der Waals surface area (Å²) in [6.07, 6.45) is 1.44. The fraction of sp³-hybridized carbons (Fsp3) is 0.923. The normalized spacial score (nSPS) is 69.9. The predicted molar refractivity (Wildman–Crippen MR) is 65.2 cm³/mol. The van der Waals surface area contributed by atoms with E-state index in [4.69, 9.17) is 0 Å². The Hall–Kier alpha value is 0.370. The molecule has 5 aliphatic carbocycles. The molecule has 1 aliphatic heterocycles. The summed E-state index contributed by atoms with van der Waals surface area (Å²) in [7, 11) is 0. The second-order valence-corrected chi connectivity index (χ2v) is 9.65. The molecule has 5 saturated carbocycles. The van der Waals surface area contributed by atoms with Crippen molar-refractivity contribution in [1.82, 2.24) is 0 Å². The molecule has 6 fully saturated rings. The van der Waals surface area contributed by atoms with Crippen LogP contribution in [0.15, 0.2) is 0 Å². The van der Waals surface area contributed by atoms with Gasteiger partial charge in [0.25, 0.3) is 0 Å². The lowest BCUT2D eigenvalue weighted by atomic mass is 9.59. The number of hydrogen-bond donors (Lipinski definition) is 0. The maximum Gasteiger partial charge on any atom is 0.140 e. The Morgan fingerprint density at radius 2 is 1.81 bits per heavy atom. The van der Waals surface area contributed by atoms with E-state index in [9.17, 15) is 4.79 Å². The van der Waals surface area contributed by atoms with Crippen LogP contribution in [0.1, 0.15) is 6.42 Å². The fourth-order valence-electron chi connectivity index (χ4n) is 6.94. The number of ketones is 1. The second-order valence-electron chi connectivity index (χ2n) is 6.64. The molecule has 3 heteroatoms. The molecule has 16 heavy (non-hydrogen) atoms. The van der Waals surface area contributed by atoms with E-state index in [1.165, 1.54) is 17.9 Å². The zero-order valence-electron chi connectivity index (χ0n) is 8.96. The van der Waals surface area contributed by atoms with Crippen molar-refractivity contribution in [2.75, 3.05) is 11.5 Å². The van der Waals surface area contributed by atoms with Crippen LogP contribution in [0.5, 0.6) is 0 Å². The van der Waals surface area contributed by atoms with E-state index in [2.05, 4.69) is 23.5 Å². The Morgan fingerprint density at radius 3 is 2.62 bits per heavy atom. The van der Waals surface area contributed by atoms with E-state index in [0.717, 1.165) is 41.3 Å². The van der Waals surface area contributed by atoms with Gasteiger partial charge in [0, 0.05) is 23.3 Å². The van der Waals surface area contributed by atoms with Gasteiger partial charge in [0.2, 0.25) is 0 Å². The van der Waals surface area contributed by atoms with Crippen LogP contribution >= 0.6 is 23.5 Å². The van der Waals surface area contributed by atoms with E-state index in [1.807, 2.05) is 0 Å². The van der Waals surface area contributed by atoms with Gasteiger partial charge < -0.3 is 0 Å². The average Bonchev–Trinajstić information content (AvgIpc) is 2.87. The quantitative estimate of drug-likeness (QED) is 0.655. The van der Waals surface area contributed by atoms with Gasteiger partial charge in [-0.3, -0.25) is 4.79 Å². The van der Waals surface area contributed by atoms with Gasteiger partial charge >= 0.3 is 0 Å². The van der Waals surface area contributed by atoms with Gasteiger partial charge in [-0.05, 0) is 41.9 Å². The third-order valence-corrected chi connectivity index (χ3v) is 10.6. The molecular weight excluding hydrogens is 236 g/mol. The maximum absolute atomic E-state index is 12.4. The molecule has 0 aromatic heterocycles. The minimum absolute atomic E-state index is 0.535. The fourth-order valence-corrected chi connectivity index (χ4v) is 11.1. The van der Waals surface area contributed by atoms with Crippen LogP contribution in [0.2, 0.25) is 0 Å². The van der Waals surface area contributed by atoms with E-state index < -0.39 is 0 Å². The molecule has 8 atom stereocenters. The number of carbonyl (C=O) groups excluding carboxylic acids is 1. The highest BCUT2D eigenvalue weighted by molar-refractivity contribution is 8.21. The zero-order chi connectivity index (χ0) is 10.2. The lowest BCUT2D eigenvalue weighted by Gasteiger charge is -2.50. The molecule has 2 bridgehead atoms. The molecule has 0 radical (unpaired) electrons. The molecule has 1 saturated heterocycles. The molecule has 0 aromatic carbocycles. The summed E-state index contributed by atoms with van der Waals surface area (Å²) in [5, 5.41) is 0. The van der Waals surface area contributed by atoms with Crippen molar-refractivity contribution in [1.29, 1.82) is 0 Å². The maximum atomic E-state index is 12.4. The largest absolute Gasteiger partial charge is 0.299 e. The molecule has 1 heterocycles. The number of rotatable bonds is 0. The molecule has 0 aromatic rings. The predicted octanol–water partition coefficient (Wildman–Crippen LogP) is 2.12. The lowest BCUT2D eigenvalue weighted by molar-refractivity contribution is -0.133. The van der Waals surface area contributed by atoms with Gasteiger partial charge in [0.05, 0.1) is 4.08 Å². The third-order valence-electron chi connectivity index (χ3n) is 6.83. The van der Waals surface area contributed by atoms with Crippen molar-refractivity contribution in [2.24, 2.45) is 47.3 Å². The summed E-state index contributed by atoms with van der Waals surface area (Å²) in [6, 6.07) is 0. The molecule has 84 valence electrons. The molecular formula is C13H14OS2. The van der Waals surface area contributed by atoms with Crippen molar-refractivity contribution < 1.29 is 4.79 Å². The van der Waals surface area contributed by atoms with Gasteiger partial charge in [0.15, 0.2) is 0 Å². The Bertz CT molecular complexity index is 441. The molecule has 0 amide bonds. The van der Waals surface area contributed by atoms with Gasteiger partial charge in [-0.1, -0.05) is 0 Å². The van der Waals surface area contributed by atoms with E-state index in [-0.39, 0.29) is 0 Å². The van der Waals surface area contributed by atoms with Crippen LogP contribution in [0.4, 0.5) is 0 Å². The third kappa shape index (κ3) is 0.534. The van der Waals surface area contributed by atoms with Gasteiger partial charge in [-0.15, -0.1) is 23.5 Å². The van der Waals surface area contributed by atoms with Crippen molar-refractivity contribution >= 4 is 29.3 Å². The van der Waals surface area contributed by atoms with Crippen LogP contribution in [0, 0.1) is 47.3 Å². The van der Waals surface area contributed by atoms with Crippen molar-refractivity contribution in [3.8, 4) is 0 Å². The van der Waals surface area contributed by atoms with Crippen molar-refractivity contribution in [3.63, 3.8) is 0 Å². The topological polar surface area (TPSA) is 17.1 Å². The lowest BCUT2D eigenvalue weighted by Crippen LogP contribution is -2.53. The van der Waals surface area contributed by atoms with Crippen molar-refractivity contribution in [3.05, 3.63) is 0 Å². The summed E-state index contributed by atoms with van der Waals surface area (Å²) in [5.74, 6) is 9.84. The van der Waals surface area contributed by atoms with Gasteiger partial charge in [-0.2, -0.15) is 0 Å². The zero-order valence-corrected chi connectivity index (χ0v) is 10.6. The number of carbonyl (C=O) groups is 1. The molecule has 6 aliphatic rings. The smallest absolute Gasteiger partial charge is 0.140 e. The summed E-state index contributed by atoms with van der Waals surface area (Å²) < 4.78 is 0.542. The van der Waals surface area contributed by atoms with Crippen LogP contribution in [0.25, 0.3) is 0 Å². The summed E-state index contributed by atoms with van der Waals surface area (Å²) in [4.78, 5) is 12.4. The first-order valence-corrected chi connectivity index (χ1v) is 8.63. The van der Waals surface area contributed by atoms with E-state index >= 15 is 0 Å². The van der Waals surface area contributed by atoms with Crippen molar-refractivity contribution in [2.45, 2.75) is 10.5 Å². The van der Waals surface area contributed by atoms with Crippen LogP contribution in [0.3, 0.4) is 0 Å². The molecule has 0 unspecified atom stereocenters. The van der Waals surface area contributed by atoms with Gasteiger partial charge in [0.1, 0.15) is 5.78 Å². The SMILES string of the molecule is O=C1[C@@H]2[C@H]3[C@@H]4C[C@@H]5[C@H]3[C@H]2C2(SCCS2)[C@H]5[C@@H]14.